The largest absolute Gasteiger partial charge is 0.356 e. The van der Waals surface area contributed by atoms with E-state index in [0.717, 1.165) is 6.54 Å². The predicted octanol–water partition coefficient (Wildman–Crippen LogP) is 1.69. The summed E-state index contributed by atoms with van der Waals surface area (Å²) in [7, 11) is -1.45. The van der Waals surface area contributed by atoms with Crippen molar-refractivity contribution in [1.82, 2.24) is 15.4 Å². The number of guanidine groups is 1. The van der Waals surface area contributed by atoms with Crippen LogP contribution in [-0.4, -0.2) is 46.8 Å². The van der Waals surface area contributed by atoms with Crippen molar-refractivity contribution in [3.63, 3.8) is 0 Å². The maximum Gasteiger partial charge on any atom is 0.211 e. The highest BCUT2D eigenvalue weighted by Crippen LogP contribution is 2.21. The second kappa shape index (κ2) is 10.9. The van der Waals surface area contributed by atoms with E-state index in [4.69, 9.17) is 0 Å². The normalized spacial score (nSPS) is 12.4. The van der Waals surface area contributed by atoms with E-state index in [0.29, 0.717) is 19.0 Å². The van der Waals surface area contributed by atoms with Crippen molar-refractivity contribution < 1.29 is 8.42 Å². The lowest BCUT2D eigenvalue weighted by atomic mass is 9.85. The number of sulfonamides is 1. The van der Waals surface area contributed by atoms with Crippen LogP contribution < -0.4 is 15.4 Å². The SMILES string of the molecule is CCS(=O)(=O)NCCNC(=NC)NCC(C)(C)c1ccccc1.I. The molecule has 0 aliphatic carbocycles. The highest BCUT2D eigenvalue weighted by atomic mass is 127. The van der Waals surface area contributed by atoms with E-state index in [-0.39, 0.29) is 35.1 Å². The van der Waals surface area contributed by atoms with E-state index in [9.17, 15) is 8.42 Å². The molecule has 138 valence electrons. The summed E-state index contributed by atoms with van der Waals surface area (Å²) in [5.74, 6) is 0.746. The van der Waals surface area contributed by atoms with Gasteiger partial charge in [0.15, 0.2) is 5.96 Å². The molecular weight excluding hydrogens is 439 g/mol. The van der Waals surface area contributed by atoms with E-state index < -0.39 is 10.0 Å². The van der Waals surface area contributed by atoms with Crippen LogP contribution >= 0.6 is 24.0 Å². The maximum absolute atomic E-state index is 11.3. The minimum absolute atomic E-state index is 0. The third-order valence-electron chi connectivity index (χ3n) is 3.60. The van der Waals surface area contributed by atoms with Crippen LogP contribution in [0.5, 0.6) is 0 Å². The van der Waals surface area contributed by atoms with Crippen molar-refractivity contribution >= 4 is 40.0 Å². The molecule has 1 rings (SSSR count). The smallest absolute Gasteiger partial charge is 0.211 e. The molecule has 0 fully saturated rings. The zero-order chi connectivity index (χ0) is 17.3. The average Bonchev–Trinajstić information content (AvgIpc) is 2.55. The Kier molecular flexibility index (Phi) is 10.5. The molecule has 0 saturated carbocycles. The molecule has 0 radical (unpaired) electrons. The van der Waals surface area contributed by atoms with Crippen molar-refractivity contribution in [2.45, 2.75) is 26.2 Å². The molecule has 1 aromatic carbocycles. The zero-order valence-corrected chi connectivity index (χ0v) is 17.9. The van der Waals surface area contributed by atoms with Crippen LogP contribution in [0.25, 0.3) is 0 Å². The van der Waals surface area contributed by atoms with Crippen LogP contribution in [0, 0.1) is 0 Å². The van der Waals surface area contributed by atoms with Crippen LogP contribution in [0.3, 0.4) is 0 Å². The molecule has 0 aromatic heterocycles. The standard InChI is InChI=1S/C16H28N4O2S.HI/c1-5-23(21,22)20-12-11-18-15(17-4)19-13-16(2,3)14-9-7-6-8-10-14;/h6-10,20H,5,11-13H2,1-4H3,(H2,17,18,19);1H. The van der Waals surface area contributed by atoms with Gasteiger partial charge in [0.25, 0.3) is 0 Å². The summed E-state index contributed by atoms with van der Waals surface area (Å²) < 4.78 is 25.2. The van der Waals surface area contributed by atoms with Crippen LogP contribution in [0.1, 0.15) is 26.3 Å². The van der Waals surface area contributed by atoms with Gasteiger partial charge in [-0.15, -0.1) is 24.0 Å². The van der Waals surface area contributed by atoms with E-state index in [1.165, 1.54) is 5.56 Å². The Labute approximate surface area is 163 Å². The Morgan fingerprint density at radius 3 is 2.29 bits per heavy atom. The molecule has 0 spiro atoms. The number of benzene rings is 1. The van der Waals surface area contributed by atoms with Gasteiger partial charge in [0, 0.05) is 32.1 Å². The minimum atomic E-state index is -3.15. The monoisotopic (exact) mass is 468 g/mol. The van der Waals surface area contributed by atoms with Crippen molar-refractivity contribution in [2.24, 2.45) is 4.99 Å². The fourth-order valence-electron chi connectivity index (χ4n) is 2.01. The molecule has 0 saturated heterocycles. The van der Waals surface area contributed by atoms with E-state index in [2.05, 4.69) is 46.3 Å². The van der Waals surface area contributed by atoms with Gasteiger partial charge in [-0.1, -0.05) is 44.2 Å². The number of halogens is 1. The molecular formula is C16H29IN4O2S. The lowest BCUT2D eigenvalue weighted by Gasteiger charge is -2.26. The molecule has 6 nitrogen and oxygen atoms in total. The number of nitrogens with one attached hydrogen (secondary N) is 3. The molecule has 0 bridgehead atoms. The Morgan fingerprint density at radius 1 is 1.12 bits per heavy atom. The Bertz CT molecular complexity index is 604. The molecule has 24 heavy (non-hydrogen) atoms. The highest BCUT2D eigenvalue weighted by molar-refractivity contribution is 14.0. The van der Waals surface area contributed by atoms with E-state index in [1.807, 2.05) is 18.2 Å². The maximum atomic E-state index is 11.3. The quantitative estimate of drug-likeness (QED) is 0.235. The minimum Gasteiger partial charge on any atom is -0.356 e. The van der Waals surface area contributed by atoms with E-state index >= 15 is 0 Å². The second-order valence-corrected chi connectivity index (χ2v) is 8.00. The highest BCUT2D eigenvalue weighted by Gasteiger charge is 2.20. The van der Waals surface area contributed by atoms with Gasteiger partial charge in [-0.2, -0.15) is 0 Å². The summed E-state index contributed by atoms with van der Waals surface area (Å²) in [6, 6.07) is 10.3. The fourth-order valence-corrected chi connectivity index (χ4v) is 2.62. The van der Waals surface area contributed by atoms with Gasteiger partial charge in [0.1, 0.15) is 0 Å². The molecule has 0 aliphatic heterocycles. The van der Waals surface area contributed by atoms with Crippen LogP contribution in [0.4, 0.5) is 0 Å². The number of aliphatic imine (C=N–C) groups is 1. The van der Waals surface area contributed by atoms with Gasteiger partial charge in [0.05, 0.1) is 5.75 Å². The third-order valence-corrected chi connectivity index (χ3v) is 5.00. The van der Waals surface area contributed by atoms with E-state index in [1.54, 1.807) is 14.0 Å². The first-order valence-electron chi connectivity index (χ1n) is 7.78. The lowest BCUT2D eigenvalue weighted by Crippen LogP contribution is -2.45. The number of hydrogen-bond acceptors (Lipinski definition) is 3. The molecule has 0 heterocycles. The topological polar surface area (TPSA) is 82.6 Å². The third kappa shape index (κ3) is 8.29. The Morgan fingerprint density at radius 2 is 1.75 bits per heavy atom. The van der Waals surface area contributed by atoms with Crippen molar-refractivity contribution in [2.75, 3.05) is 32.4 Å². The molecule has 3 N–H and O–H groups in total. The molecule has 0 atom stereocenters. The summed E-state index contributed by atoms with van der Waals surface area (Å²) in [6.45, 7) is 7.47. The molecule has 0 aliphatic rings. The van der Waals surface area contributed by atoms with Crippen LogP contribution in [0.15, 0.2) is 35.3 Å². The predicted molar refractivity (Wildman–Crippen MR) is 112 cm³/mol. The summed E-state index contributed by atoms with van der Waals surface area (Å²) in [5.41, 5.74) is 1.21. The number of rotatable bonds is 8. The van der Waals surface area contributed by atoms with Crippen molar-refractivity contribution in [3.05, 3.63) is 35.9 Å². The van der Waals surface area contributed by atoms with Crippen LogP contribution in [0.2, 0.25) is 0 Å². The first-order chi connectivity index (χ1) is 10.8. The Balaban J connectivity index is 0.00000529. The number of hydrogen-bond donors (Lipinski definition) is 3. The summed E-state index contributed by atoms with van der Waals surface area (Å²) in [6.07, 6.45) is 0. The van der Waals surface area contributed by atoms with Gasteiger partial charge in [-0.25, -0.2) is 13.1 Å². The molecule has 1 aromatic rings. The fraction of sp³-hybridized carbons (Fsp3) is 0.562. The zero-order valence-electron chi connectivity index (χ0n) is 14.8. The first-order valence-corrected chi connectivity index (χ1v) is 9.43. The average molecular weight is 468 g/mol. The van der Waals surface area contributed by atoms with Crippen molar-refractivity contribution in [3.8, 4) is 0 Å². The number of nitrogens with zero attached hydrogens (tertiary/aromatic N) is 1. The first kappa shape index (κ1) is 23.1. The van der Waals surface area contributed by atoms with Gasteiger partial charge in [0.2, 0.25) is 10.0 Å². The molecule has 0 amide bonds. The van der Waals surface area contributed by atoms with Crippen molar-refractivity contribution in [1.29, 1.82) is 0 Å². The lowest BCUT2D eigenvalue weighted by molar-refractivity contribution is 0.508. The summed E-state index contributed by atoms with van der Waals surface area (Å²) in [4.78, 5) is 4.16. The van der Waals surface area contributed by atoms with Gasteiger partial charge < -0.3 is 10.6 Å². The molecule has 8 heteroatoms. The van der Waals surface area contributed by atoms with Gasteiger partial charge >= 0.3 is 0 Å². The van der Waals surface area contributed by atoms with Gasteiger partial charge in [-0.05, 0) is 12.5 Å². The second-order valence-electron chi connectivity index (χ2n) is 5.90. The van der Waals surface area contributed by atoms with Gasteiger partial charge in [-0.3, -0.25) is 4.99 Å². The van der Waals surface area contributed by atoms with Crippen LogP contribution in [-0.2, 0) is 15.4 Å². The molecule has 0 unspecified atom stereocenters. The Hall–Kier alpha value is -0.870. The summed E-state index contributed by atoms with van der Waals surface area (Å²) >= 11 is 0. The summed E-state index contributed by atoms with van der Waals surface area (Å²) in [5, 5.41) is 6.38.